The molecule has 1 atom stereocenters. The first-order chi connectivity index (χ1) is 8.65. The molecule has 3 nitrogen and oxygen atoms in total. The molecule has 0 fully saturated rings. The maximum absolute atomic E-state index is 6.28. The van der Waals surface area contributed by atoms with Crippen molar-refractivity contribution in [1.29, 1.82) is 0 Å². The van der Waals surface area contributed by atoms with Crippen molar-refractivity contribution in [2.45, 2.75) is 13.0 Å². The van der Waals surface area contributed by atoms with Crippen molar-refractivity contribution in [3.8, 4) is 0 Å². The lowest BCUT2D eigenvalue weighted by molar-refractivity contribution is 0.573. The van der Waals surface area contributed by atoms with E-state index in [0.29, 0.717) is 10.0 Å². The molecular formula is C13H15Cl2N3. The Morgan fingerprint density at radius 1 is 1.28 bits per heavy atom. The van der Waals surface area contributed by atoms with E-state index < -0.39 is 0 Å². The molecular weight excluding hydrogens is 269 g/mol. The van der Waals surface area contributed by atoms with Gasteiger partial charge in [-0.25, -0.2) is 0 Å². The number of nitrogens with zero attached hydrogens (tertiary/aromatic N) is 2. The van der Waals surface area contributed by atoms with Crippen molar-refractivity contribution >= 4 is 23.2 Å². The minimum absolute atomic E-state index is 0.0521. The molecule has 0 spiro atoms. The Morgan fingerprint density at radius 3 is 2.44 bits per heavy atom. The highest BCUT2D eigenvalue weighted by atomic mass is 35.5. The van der Waals surface area contributed by atoms with Gasteiger partial charge in [-0.1, -0.05) is 36.2 Å². The van der Waals surface area contributed by atoms with Crippen LogP contribution in [0.1, 0.15) is 24.2 Å². The fraction of sp³-hybridized carbons (Fsp3) is 0.308. The number of hydrogen-bond acceptors (Lipinski definition) is 2. The van der Waals surface area contributed by atoms with Crippen LogP contribution in [-0.4, -0.2) is 16.3 Å². The number of halogens is 2. The van der Waals surface area contributed by atoms with Gasteiger partial charge in [0.05, 0.1) is 11.7 Å². The zero-order valence-electron chi connectivity index (χ0n) is 10.3. The van der Waals surface area contributed by atoms with Crippen molar-refractivity contribution in [1.82, 2.24) is 15.1 Å². The molecule has 96 valence electrons. The van der Waals surface area contributed by atoms with Crippen LogP contribution in [0, 0.1) is 0 Å². The van der Waals surface area contributed by atoms with Gasteiger partial charge >= 0.3 is 0 Å². The molecule has 1 unspecified atom stereocenters. The Bertz CT molecular complexity index is 517. The van der Waals surface area contributed by atoms with Gasteiger partial charge in [0.25, 0.3) is 0 Å². The standard InChI is InChI=1S/C13H15Cl2N3/c1-3-16-13(11-7-8-17-18(11)2)12-9(14)5-4-6-10(12)15/h4-8,13,16H,3H2,1-2H3. The van der Waals surface area contributed by atoms with Crippen LogP contribution in [0.25, 0.3) is 0 Å². The van der Waals surface area contributed by atoms with Crippen LogP contribution in [0.15, 0.2) is 30.5 Å². The Balaban J connectivity index is 2.52. The third kappa shape index (κ3) is 2.53. The topological polar surface area (TPSA) is 29.9 Å². The third-order valence-corrected chi connectivity index (χ3v) is 3.51. The van der Waals surface area contributed by atoms with Gasteiger partial charge in [0.1, 0.15) is 0 Å². The Labute approximate surface area is 117 Å². The van der Waals surface area contributed by atoms with Crippen LogP contribution in [0.3, 0.4) is 0 Å². The van der Waals surface area contributed by atoms with Crippen LogP contribution in [0.2, 0.25) is 10.0 Å². The quantitative estimate of drug-likeness (QED) is 0.932. The lowest BCUT2D eigenvalue weighted by atomic mass is 10.0. The van der Waals surface area contributed by atoms with Crippen molar-refractivity contribution < 1.29 is 0 Å². The molecule has 0 amide bonds. The van der Waals surface area contributed by atoms with E-state index in [0.717, 1.165) is 17.8 Å². The van der Waals surface area contributed by atoms with Crippen LogP contribution >= 0.6 is 23.2 Å². The monoisotopic (exact) mass is 283 g/mol. The SMILES string of the molecule is CCNC(c1c(Cl)cccc1Cl)c1ccnn1C. The highest BCUT2D eigenvalue weighted by molar-refractivity contribution is 6.36. The molecule has 18 heavy (non-hydrogen) atoms. The van der Waals surface area contributed by atoms with E-state index in [4.69, 9.17) is 23.2 Å². The van der Waals surface area contributed by atoms with Gasteiger partial charge < -0.3 is 5.32 Å². The fourth-order valence-corrected chi connectivity index (χ4v) is 2.63. The summed E-state index contributed by atoms with van der Waals surface area (Å²) in [5.74, 6) is 0. The fourth-order valence-electron chi connectivity index (χ4n) is 2.01. The lowest BCUT2D eigenvalue weighted by Crippen LogP contribution is -2.24. The second kappa shape index (κ2) is 5.74. The Hall–Kier alpha value is -1.03. The van der Waals surface area contributed by atoms with E-state index in [9.17, 15) is 0 Å². The molecule has 5 heteroatoms. The number of hydrogen-bond donors (Lipinski definition) is 1. The molecule has 0 aliphatic heterocycles. The minimum Gasteiger partial charge on any atom is -0.305 e. The molecule has 2 aromatic rings. The van der Waals surface area contributed by atoms with E-state index in [2.05, 4.69) is 10.4 Å². The second-order valence-electron chi connectivity index (χ2n) is 4.01. The van der Waals surface area contributed by atoms with Crippen LogP contribution in [-0.2, 0) is 7.05 Å². The zero-order chi connectivity index (χ0) is 13.1. The van der Waals surface area contributed by atoms with Gasteiger partial charge in [0, 0.05) is 28.9 Å². The molecule has 0 aliphatic carbocycles. The van der Waals surface area contributed by atoms with E-state index in [1.165, 1.54) is 0 Å². The summed E-state index contributed by atoms with van der Waals surface area (Å²) in [6.45, 7) is 2.87. The summed E-state index contributed by atoms with van der Waals surface area (Å²) in [6.07, 6.45) is 1.77. The van der Waals surface area contributed by atoms with Crippen LogP contribution < -0.4 is 5.32 Å². The number of rotatable bonds is 4. The first-order valence-electron chi connectivity index (χ1n) is 5.80. The third-order valence-electron chi connectivity index (χ3n) is 2.85. The average molecular weight is 284 g/mol. The van der Waals surface area contributed by atoms with Gasteiger partial charge in [-0.3, -0.25) is 4.68 Å². The molecule has 1 aromatic carbocycles. The summed E-state index contributed by atoms with van der Waals surface area (Å²) in [5.41, 5.74) is 1.93. The predicted octanol–water partition coefficient (Wildman–Crippen LogP) is 3.43. The largest absolute Gasteiger partial charge is 0.305 e. The minimum atomic E-state index is -0.0521. The molecule has 0 aliphatic rings. The van der Waals surface area contributed by atoms with Crippen molar-refractivity contribution in [2.75, 3.05) is 6.54 Å². The van der Waals surface area contributed by atoms with E-state index in [-0.39, 0.29) is 6.04 Å². The van der Waals surface area contributed by atoms with Gasteiger partial charge in [0.2, 0.25) is 0 Å². The summed E-state index contributed by atoms with van der Waals surface area (Å²) in [6, 6.07) is 7.46. The number of aromatic nitrogens is 2. The second-order valence-corrected chi connectivity index (χ2v) is 4.82. The zero-order valence-corrected chi connectivity index (χ0v) is 11.8. The van der Waals surface area contributed by atoms with Crippen molar-refractivity contribution in [3.63, 3.8) is 0 Å². The van der Waals surface area contributed by atoms with Gasteiger partial charge in [-0.05, 0) is 24.7 Å². The number of benzene rings is 1. The molecule has 0 saturated heterocycles. The first kappa shape index (κ1) is 13.4. The Kier molecular flexibility index (Phi) is 4.27. The average Bonchev–Trinajstić information content (AvgIpc) is 2.74. The summed E-state index contributed by atoms with van der Waals surface area (Å²) in [7, 11) is 1.91. The lowest BCUT2D eigenvalue weighted by Gasteiger charge is -2.21. The highest BCUT2D eigenvalue weighted by Crippen LogP contribution is 2.33. The van der Waals surface area contributed by atoms with E-state index >= 15 is 0 Å². The van der Waals surface area contributed by atoms with Crippen molar-refractivity contribution in [2.24, 2.45) is 7.05 Å². The highest BCUT2D eigenvalue weighted by Gasteiger charge is 2.21. The van der Waals surface area contributed by atoms with Crippen LogP contribution in [0.5, 0.6) is 0 Å². The van der Waals surface area contributed by atoms with Crippen molar-refractivity contribution in [3.05, 3.63) is 51.8 Å². The van der Waals surface area contributed by atoms with Crippen LogP contribution in [0.4, 0.5) is 0 Å². The number of nitrogens with one attached hydrogen (secondary N) is 1. The normalized spacial score (nSPS) is 12.7. The number of aryl methyl sites for hydroxylation is 1. The first-order valence-corrected chi connectivity index (χ1v) is 6.56. The summed E-state index contributed by atoms with van der Waals surface area (Å²) in [5, 5.41) is 8.91. The predicted molar refractivity (Wildman–Crippen MR) is 75.2 cm³/mol. The summed E-state index contributed by atoms with van der Waals surface area (Å²) >= 11 is 12.6. The molecule has 1 N–H and O–H groups in total. The van der Waals surface area contributed by atoms with Gasteiger partial charge in [-0.15, -0.1) is 0 Å². The molecule has 0 saturated carbocycles. The molecule has 0 bridgehead atoms. The summed E-state index contributed by atoms with van der Waals surface area (Å²) < 4.78 is 1.83. The molecule has 1 heterocycles. The van der Waals surface area contributed by atoms with E-state index in [1.807, 2.05) is 42.9 Å². The maximum Gasteiger partial charge on any atom is 0.0777 e. The van der Waals surface area contributed by atoms with Gasteiger partial charge in [-0.2, -0.15) is 5.10 Å². The molecule has 0 radical (unpaired) electrons. The van der Waals surface area contributed by atoms with Gasteiger partial charge in [0.15, 0.2) is 0 Å². The maximum atomic E-state index is 6.28. The molecule has 1 aromatic heterocycles. The summed E-state index contributed by atoms with van der Waals surface area (Å²) in [4.78, 5) is 0. The van der Waals surface area contributed by atoms with E-state index in [1.54, 1.807) is 6.20 Å². The smallest absolute Gasteiger partial charge is 0.0777 e. The Morgan fingerprint density at radius 2 is 1.94 bits per heavy atom. The molecule has 2 rings (SSSR count).